The Morgan fingerprint density at radius 1 is 0.375 bits per heavy atom. The fourth-order valence-electron chi connectivity index (χ4n) is 7.78. The summed E-state index contributed by atoms with van der Waals surface area (Å²) in [4.78, 5) is 1.93. The van der Waals surface area contributed by atoms with Crippen LogP contribution in [0.4, 0.5) is 17.1 Å². The van der Waals surface area contributed by atoms with Gasteiger partial charge in [-0.05, 0) is 99.6 Å². The van der Waals surface area contributed by atoms with E-state index in [1.807, 2.05) is 126 Å². The van der Waals surface area contributed by atoms with Crippen LogP contribution in [0.1, 0.15) is 5.48 Å². The zero-order valence-electron chi connectivity index (χ0n) is 34.5. The van der Waals surface area contributed by atoms with E-state index in [0.717, 1.165) is 72.2 Å². The molecule has 264 valence electrons. The zero-order chi connectivity index (χ0) is 40.7. The van der Waals surface area contributed by atoms with Gasteiger partial charge in [0.05, 0.1) is 22.2 Å². The van der Waals surface area contributed by atoms with Crippen molar-refractivity contribution in [2.75, 3.05) is 4.90 Å². The third-order valence-corrected chi connectivity index (χ3v) is 10.5. The van der Waals surface area contributed by atoms with Crippen molar-refractivity contribution < 1.29 is 5.48 Å². The minimum atomic E-state index is -0.236. The van der Waals surface area contributed by atoms with E-state index < -0.39 is 0 Å². The van der Waals surface area contributed by atoms with Crippen LogP contribution in [0.25, 0.3) is 72.0 Å². The van der Waals surface area contributed by atoms with Crippen LogP contribution in [0, 0.1) is 0 Å². The van der Waals surface area contributed by atoms with Gasteiger partial charge in [0.2, 0.25) is 0 Å². The fourth-order valence-corrected chi connectivity index (χ4v) is 7.78. The molecule has 2 heteroatoms. The number of para-hydroxylation sites is 3. The molecule has 0 fully saturated rings. The highest BCUT2D eigenvalue weighted by Crippen LogP contribution is 2.43. The third kappa shape index (κ3) is 6.14. The summed E-state index contributed by atoms with van der Waals surface area (Å²) in [6.07, 6.45) is 0. The molecule has 0 aliphatic heterocycles. The van der Waals surface area contributed by atoms with Crippen molar-refractivity contribution in [2.45, 2.75) is 0 Å². The maximum atomic E-state index is 9.97. The summed E-state index contributed by atoms with van der Waals surface area (Å²) in [5, 5.41) is 2.03. The lowest BCUT2D eigenvalue weighted by Crippen LogP contribution is -2.11. The van der Waals surface area contributed by atoms with Crippen molar-refractivity contribution >= 4 is 38.9 Å². The molecule has 56 heavy (non-hydrogen) atoms. The number of anilines is 3. The maximum absolute atomic E-state index is 9.97. The highest BCUT2D eigenvalue weighted by Gasteiger charge is 2.19. The van der Waals surface area contributed by atoms with Crippen molar-refractivity contribution in [1.29, 1.82) is 0 Å². The van der Waals surface area contributed by atoms with Gasteiger partial charge in [-0.25, -0.2) is 0 Å². The standard InChI is InChI=1S/C54H38N2/c1-4-15-39(16-5-1)40-27-29-41(30-28-40)42-31-34-47(35-32-42)55(52-25-12-10-23-49(52)43-17-6-2-7-18-43)48-22-14-19-44(37-48)45-33-36-54-51(38-45)50-24-11-13-26-53(50)56(54)46-20-8-3-9-21-46/h1-38H/i14D,19D,22D,37D. The molecular formula is C54H38N2. The Morgan fingerprint density at radius 2 is 0.911 bits per heavy atom. The van der Waals surface area contributed by atoms with E-state index in [2.05, 4.69) is 89.5 Å². The molecule has 1 heterocycles. The lowest BCUT2D eigenvalue weighted by Gasteiger charge is -2.28. The molecule has 2 nitrogen and oxygen atoms in total. The highest BCUT2D eigenvalue weighted by atomic mass is 15.1. The molecule has 0 spiro atoms. The Labute approximate surface area is 333 Å². The Kier molecular flexibility index (Phi) is 7.47. The molecule has 0 unspecified atom stereocenters. The van der Waals surface area contributed by atoms with Gasteiger partial charge >= 0.3 is 0 Å². The molecule has 0 N–H and O–H groups in total. The summed E-state index contributed by atoms with van der Waals surface area (Å²) in [6, 6.07) is 69.1. The first kappa shape index (κ1) is 29.0. The molecule has 10 aromatic rings. The quantitative estimate of drug-likeness (QED) is 0.152. The summed E-state index contributed by atoms with van der Waals surface area (Å²) < 4.78 is 40.2. The van der Waals surface area contributed by atoms with E-state index >= 15 is 0 Å². The smallest absolute Gasteiger partial charge is 0.0651 e. The molecule has 0 atom stereocenters. The van der Waals surface area contributed by atoms with Crippen LogP contribution in [0.2, 0.25) is 0 Å². The molecule has 1 aromatic heterocycles. The number of fused-ring (bicyclic) bond motifs is 3. The van der Waals surface area contributed by atoms with Crippen LogP contribution < -0.4 is 4.90 Å². The Morgan fingerprint density at radius 3 is 1.62 bits per heavy atom. The second kappa shape index (κ2) is 14.4. The Hall–Kier alpha value is -7.42. The molecule has 0 saturated heterocycles. The number of benzene rings is 9. The second-order valence-corrected chi connectivity index (χ2v) is 13.9. The van der Waals surface area contributed by atoms with E-state index in [-0.39, 0.29) is 29.9 Å². The predicted molar refractivity (Wildman–Crippen MR) is 237 cm³/mol. The molecule has 0 amide bonds. The molecule has 0 aliphatic rings. The number of nitrogens with zero attached hydrogens (tertiary/aromatic N) is 2. The molecular weight excluding hydrogens is 677 g/mol. The largest absolute Gasteiger partial charge is 0.310 e. The highest BCUT2D eigenvalue weighted by molar-refractivity contribution is 6.10. The van der Waals surface area contributed by atoms with Crippen LogP contribution in [0.15, 0.2) is 230 Å². The van der Waals surface area contributed by atoms with Gasteiger partial charge in [0.15, 0.2) is 0 Å². The van der Waals surface area contributed by atoms with Gasteiger partial charge in [-0.3, -0.25) is 0 Å². The van der Waals surface area contributed by atoms with Gasteiger partial charge in [-0.1, -0.05) is 170 Å². The van der Waals surface area contributed by atoms with Crippen molar-refractivity contribution in [2.24, 2.45) is 0 Å². The first-order valence-corrected chi connectivity index (χ1v) is 18.9. The average molecular weight is 719 g/mol. The van der Waals surface area contributed by atoms with Crippen molar-refractivity contribution in [3.8, 4) is 50.2 Å². The van der Waals surface area contributed by atoms with Crippen LogP contribution >= 0.6 is 0 Å². The predicted octanol–water partition coefficient (Wildman–Crippen LogP) is 14.9. The number of aromatic nitrogens is 1. The van der Waals surface area contributed by atoms with Gasteiger partial charge in [0.1, 0.15) is 0 Å². The molecule has 0 bridgehead atoms. The number of hydrogen-bond donors (Lipinski definition) is 0. The minimum absolute atomic E-state index is 0.00981. The molecule has 0 saturated carbocycles. The average Bonchev–Trinajstić information content (AvgIpc) is 3.64. The lowest BCUT2D eigenvalue weighted by molar-refractivity contribution is 1.18. The van der Waals surface area contributed by atoms with Gasteiger partial charge in [-0.2, -0.15) is 0 Å². The fraction of sp³-hybridized carbons (Fsp3) is 0. The van der Waals surface area contributed by atoms with E-state index in [1.54, 1.807) is 0 Å². The van der Waals surface area contributed by atoms with Gasteiger partial charge in [0, 0.05) is 33.4 Å². The summed E-state index contributed by atoms with van der Waals surface area (Å²) in [5.74, 6) is 0. The monoisotopic (exact) mass is 718 g/mol. The summed E-state index contributed by atoms with van der Waals surface area (Å²) in [6.45, 7) is 0. The summed E-state index contributed by atoms with van der Waals surface area (Å²) in [7, 11) is 0. The Bertz CT molecular complexity index is 3160. The molecule has 0 aliphatic carbocycles. The Balaban J connectivity index is 1.15. The van der Waals surface area contributed by atoms with E-state index in [0.29, 0.717) is 11.1 Å². The van der Waals surface area contributed by atoms with Crippen molar-refractivity contribution in [1.82, 2.24) is 4.57 Å². The van der Waals surface area contributed by atoms with E-state index in [9.17, 15) is 5.48 Å². The van der Waals surface area contributed by atoms with Crippen molar-refractivity contribution in [3.05, 3.63) is 230 Å². The normalized spacial score (nSPS) is 12.2. The SMILES string of the molecule is [2H]c1c([2H])c(-c2ccc3c(c2)c2ccccc2n3-c2ccccc2)c([2H])c(N(c2ccc(-c3ccc(-c4ccccc4)cc3)cc2)c2ccccc2-c2ccccc2)c1[2H]. The van der Waals surface area contributed by atoms with Gasteiger partial charge in [0.25, 0.3) is 0 Å². The summed E-state index contributed by atoms with van der Waals surface area (Å²) >= 11 is 0. The van der Waals surface area contributed by atoms with Crippen LogP contribution in [-0.4, -0.2) is 4.57 Å². The molecule has 9 aromatic carbocycles. The number of rotatable bonds is 8. The van der Waals surface area contributed by atoms with E-state index in [4.69, 9.17) is 0 Å². The van der Waals surface area contributed by atoms with Gasteiger partial charge < -0.3 is 9.47 Å². The topological polar surface area (TPSA) is 8.17 Å². The minimum Gasteiger partial charge on any atom is -0.310 e. The first-order chi connectivity index (χ1) is 29.5. The van der Waals surface area contributed by atoms with E-state index in [1.165, 1.54) is 0 Å². The molecule has 0 radical (unpaired) electrons. The lowest BCUT2D eigenvalue weighted by atomic mass is 9.98. The summed E-state index contributed by atoms with van der Waals surface area (Å²) in [5.41, 5.74) is 12.1. The third-order valence-electron chi connectivity index (χ3n) is 10.5. The maximum Gasteiger partial charge on any atom is 0.0651 e. The van der Waals surface area contributed by atoms with Gasteiger partial charge in [-0.15, -0.1) is 0 Å². The zero-order valence-corrected chi connectivity index (χ0v) is 30.5. The molecule has 10 rings (SSSR count). The van der Waals surface area contributed by atoms with Crippen LogP contribution in [0.3, 0.4) is 0 Å². The number of hydrogen-bond acceptors (Lipinski definition) is 1. The van der Waals surface area contributed by atoms with Crippen LogP contribution in [0.5, 0.6) is 0 Å². The second-order valence-electron chi connectivity index (χ2n) is 13.9. The first-order valence-electron chi connectivity index (χ1n) is 20.9. The van der Waals surface area contributed by atoms with Crippen LogP contribution in [-0.2, 0) is 0 Å². The van der Waals surface area contributed by atoms with Crippen molar-refractivity contribution in [3.63, 3.8) is 0 Å².